The van der Waals surface area contributed by atoms with Gasteiger partial charge in [-0.25, -0.2) is 4.68 Å². The van der Waals surface area contributed by atoms with E-state index < -0.39 is 0 Å². The predicted octanol–water partition coefficient (Wildman–Crippen LogP) is 2.11. The molecular formula is C15H20N4O2. The zero-order valence-electron chi connectivity index (χ0n) is 12.6. The maximum Gasteiger partial charge on any atom is 0.273 e. The van der Waals surface area contributed by atoms with Crippen LogP contribution in [0, 0.1) is 6.92 Å². The van der Waals surface area contributed by atoms with Crippen LogP contribution < -0.4 is 10.1 Å². The number of benzene rings is 1. The maximum absolute atomic E-state index is 12.0. The van der Waals surface area contributed by atoms with Crippen molar-refractivity contribution in [2.75, 3.05) is 13.2 Å². The van der Waals surface area contributed by atoms with E-state index in [9.17, 15) is 4.79 Å². The Morgan fingerprint density at radius 2 is 2.10 bits per heavy atom. The first-order chi connectivity index (χ1) is 10.2. The minimum Gasteiger partial charge on any atom is -0.492 e. The Morgan fingerprint density at radius 1 is 1.33 bits per heavy atom. The van der Waals surface area contributed by atoms with Gasteiger partial charge in [-0.15, -0.1) is 5.10 Å². The van der Waals surface area contributed by atoms with E-state index in [1.54, 1.807) is 4.68 Å². The summed E-state index contributed by atoms with van der Waals surface area (Å²) >= 11 is 0. The topological polar surface area (TPSA) is 69.0 Å². The number of hydrogen-bond acceptors (Lipinski definition) is 4. The van der Waals surface area contributed by atoms with E-state index in [0.717, 1.165) is 12.1 Å². The molecule has 0 bridgehead atoms. The van der Waals surface area contributed by atoms with Crippen molar-refractivity contribution < 1.29 is 9.53 Å². The van der Waals surface area contributed by atoms with E-state index >= 15 is 0 Å². The molecule has 0 saturated heterocycles. The zero-order valence-corrected chi connectivity index (χ0v) is 12.6. The third kappa shape index (κ3) is 3.21. The maximum atomic E-state index is 12.0. The fourth-order valence-electron chi connectivity index (χ4n) is 2.00. The quantitative estimate of drug-likeness (QED) is 0.884. The van der Waals surface area contributed by atoms with Gasteiger partial charge in [-0.1, -0.05) is 24.3 Å². The number of carbonyl (C=O) groups excluding carboxylic acids is 1. The summed E-state index contributed by atoms with van der Waals surface area (Å²) in [6.45, 7) is 6.94. The van der Waals surface area contributed by atoms with Crippen LogP contribution in [-0.2, 0) is 0 Å². The lowest BCUT2D eigenvalue weighted by atomic mass is 10.2. The number of aromatic nitrogens is 3. The molecule has 1 heterocycles. The van der Waals surface area contributed by atoms with Crippen LogP contribution in [-0.4, -0.2) is 34.1 Å². The highest BCUT2D eigenvalue weighted by Gasteiger charge is 2.18. The molecule has 0 fully saturated rings. The molecule has 0 aliphatic rings. The minimum atomic E-state index is -0.200. The monoisotopic (exact) mass is 288 g/mol. The molecule has 0 radical (unpaired) electrons. The van der Waals surface area contributed by atoms with Gasteiger partial charge >= 0.3 is 0 Å². The third-order valence-corrected chi connectivity index (χ3v) is 3.04. The summed E-state index contributed by atoms with van der Waals surface area (Å²) in [5.41, 5.74) is 1.81. The number of carbonyl (C=O) groups is 1. The van der Waals surface area contributed by atoms with Crippen LogP contribution in [0.25, 0.3) is 5.69 Å². The molecule has 0 atom stereocenters. The van der Waals surface area contributed by atoms with Crippen molar-refractivity contribution in [3.05, 3.63) is 35.7 Å². The van der Waals surface area contributed by atoms with E-state index in [0.29, 0.717) is 30.3 Å². The molecule has 0 aliphatic heterocycles. The molecule has 21 heavy (non-hydrogen) atoms. The molecule has 112 valence electrons. The summed E-state index contributed by atoms with van der Waals surface area (Å²) in [5.74, 6) is 0.517. The summed E-state index contributed by atoms with van der Waals surface area (Å²) in [6, 6.07) is 7.56. The second kappa shape index (κ2) is 6.88. The lowest BCUT2D eigenvalue weighted by Crippen LogP contribution is -2.25. The Morgan fingerprint density at radius 3 is 2.81 bits per heavy atom. The first-order valence-corrected chi connectivity index (χ1v) is 7.11. The minimum absolute atomic E-state index is 0.200. The highest BCUT2D eigenvalue weighted by atomic mass is 16.5. The summed E-state index contributed by atoms with van der Waals surface area (Å²) in [5, 5.41) is 10.9. The summed E-state index contributed by atoms with van der Waals surface area (Å²) in [7, 11) is 0. The second-order valence-electron chi connectivity index (χ2n) is 4.59. The molecule has 1 N–H and O–H groups in total. The third-order valence-electron chi connectivity index (χ3n) is 3.04. The Kier molecular flexibility index (Phi) is 4.92. The smallest absolute Gasteiger partial charge is 0.273 e. The molecule has 2 rings (SSSR count). The molecule has 0 aliphatic carbocycles. The van der Waals surface area contributed by atoms with Gasteiger partial charge in [-0.3, -0.25) is 4.79 Å². The van der Waals surface area contributed by atoms with Crippen molar-refractivity contribution in [3.8, 4) is 11.4 Å². The van der Waals surface area contributed by atoms with Gasteiger partial charge in [-0.05, 0) is 32.4 Å². The molecule has 1 aromatic heterocycles. The van der Waals surface area contributed by atoms with E-state index in [-0.39, 0.29) is 5.91 Å². The SMILES string of the molecule is CCCNC(=O)c1nnn(-c2ccccc2OCC)c1C. The van der Waals surface area contributed by atoms with Crippen LogP contribution in [0.2, 0.25) is 0 Å². The Bertz CT molecular complexity index is 622. The molecule has 6 nitrogen and oxygen atoms in total. The second-order valence-corrected chi connectivity index (χ2v) is 4.59. The van der Waals surface area contributed by atoms with Crippen LogP contribution in [0.3, 0.4) is 0 Å². The van der Waals surface area contributed by atoms with Gasteiger partial charge in [0, 0.05) is 6.54 Å². The van der Waals surface area contributed by atoms with Crippen molar-refractivity contribution >= 4 is 5.91 Å². The van der Waals surface area contributed by atoms with E-state index in [4.69, 9.17) is 4.74 Å². The first-order valence-electron chi connectivity index (χ1n) is 7.11. The fourth-order valence-corrected chi connectivity index (χ4v) is 2.00. The predicted molar refractivity (Wildman–Crippen MR) is 79.9 cm³/mol. The molecule has 0 unspecified atom stereocenters. The van der Waals surface area contributed by atoms with Gasteiger partial charge in [0.05, 0.1) is 12.3 Å². The van der Waals surface area contributed by atoms with Crippen molar-refractivity contribution in [1.29, 1.82) is 0 Å². The van der Waals surface area contributed by atoms with Gasteiger partial charge in [0.2, 0.25) is 0 Å². The fraction of sp³-hybridized carbons (Fsp3) is 0.400. The van der Waals surface area contributed by atoms with Crippen LogP contribution in [0.15, 0.2) is 24.3 Å². The van der Waals surface area contributed by atoms with E-state index in [1.165, 1.54) is 0 Å². The van der Waals surface area contributed by atoms with E-state index in [2.05, 4.69) is 15.6 Å². The standard InChI is InChI=1S/C15H20N4O2/c1-4-10-16-15(20)14-11(3)19(18-17-14)12-8-6-7-9-13(12)21-5-2/h6-9H,4-5,10H2,1-3H3,(H,16,20). The number of rotatable bonds is 6. The van der Waals surface area contributed by atoms with Gasteiger partial charge in [-0.2, -0.15) is 0 Å². The van der Waals surface area contributed by atoms with Crippen molar-refractivity contribution in [2.45, 2.75) is 27.2 Å². The molecule has 1 amide bonds. The number of amides is 1. The largest absolute Gasteiger partial charge is 0.492 e. The number of nitrogens with zero attached hydrogens (tertiary/aromatic N) is 3. The Balaban J connectivity index is 2.34. The van der Waals surface area contributed by atoms with Crippen LogP contribution in [0.5, 0.6) is 5.75 Å². The molecule has 2 aromatic rings. The molecule has 0 spiro atoms. The molecule has 1 aromatic carbocycles. The van der Waals surface area contributed by atoms with Gasteiger partial charge < -0.3 is 10.1 Å². The molecular weight excluding hydrogens is 268 g/mol. The van der Waals surface area contributed by atoms with E-state index in [1.807, 2.05) is 45.0 Å². The van der Waals surface area contributed by atoms with Crippen LogP contribution in [0.1, 0.15) is 36.5 Å². The highest BCUT2D eigenvalue weighted by molar-refractivity contribution is 5.93. The lowest BCUT2D eigenvalue weighted by Gasteiger charge is -2.10. The number of nitrogens with one attached hydrogen (secondary N) is 1. The number of ether oxygens (including phenoxy) is 1. The summed E-state index contributed by atoms with van der Waals surface area (Å²) in [4.78, 5) is 12.0. The highest BCUT2D eigenvalue weighted by Crippen LogP contribution is 2.23. The number of para-hydroxylation sites is 2. The van der Waals surface area contributed by atoms with Crippen LogP contribution >= 0.6 is 0 Å². The Hall–Kier alpha value is -2.37. The van der Waals surface area contributed by atoms with Gasteiger partial charge in [0.15, 0.2) is 5.69 Å². The molecule has 0 saturated carbocycles. The Labute approximate surface area is 124 Å². The average Bonchev–Trinajstić information content (AvgIpc) is 2.87. The van der Waals surface area contributed by atoms with Crippen molar-refractivity contribution in [3.63, 3.8) is 0 Å². The summed E-state index contributed by atoms with van der Waals surface area (Å²) in [6.07, 6.45) is 0.881. The first kappa shape index (κ1) is 15.0. The average molecular weight is 288 g/mol. The van der Waals surface area contributed by atoms with Crippen molar-refractivity contribution in [1.82, 2.24) is 20.3 Å². The van der Waals surface area contributed by atoms with Crippen molar-refractivity contribution in [2.24, 2.45) is 0 Å². The summed E-state index contributed by atoms with van der Waals surface area (Å²) < 4.78 is 7.22. The normalized spacial score (nSPS) is 10.4. The van der Waals surface area contributed by atoms with Gasteiger partial charge in [0.25, 0.3) is 5.91 Å². The number of hydrogen-bond donors (Lipinski definition) is 1. The lowest BCUT2D eigenvalue weighted by molar-refractivity contribution is 0.0948. The zero-order chi connectivity index (χ0) is 15.2. The molecule has 6 heteroatoms. The van der Waals surface area contributed by atoms with Crippen LogP contribution in [0.4, 0.5) is 0 Å². The van der Waals surface area contributed by atoms with Gasteiger partial charge in [0.1, 0.15) is 11.4 Å².